The lowest BCUT2D eigenvalue weighted by Crippen LogP contribution is -2.30. The molecule has 0 aliphatic carbocycles. The van der Waals surface area contributed by atoms with Gasteiger partial charge >= 0.3 is 6.03 Å². The van der Waals surface area contributed by atoms with Crippen LogP contribution in [0, 0.1) is 0 Å². The van der Waals surface area contributed by atoms with Gasteiger partial charge in [-0.05, 0) is 51.8 Å². The quantitative estimate of drug-likeness (QED) is 0.600. The third-order valence-corrected chi connectivity index (χ3v) is 4.14. The van der Waals surface area contributed by atoms with E-state index in [1.165, 1.54) is 12.1 Å². The molecule has 2 aromatic carbocycles. The normalized spacial score (nSPS) is 16.1. The van der Waals surface area contributed by atoms with Gasteiger partial charge in [0.25, 0.3) is 5.91 Å². The van der Waals surface area contributed by atoms with E-state index in [4.69, 9.17) is 11.6 Å². The number of hydrogen-bond donors (Lipinski definition) is 2. The van der Waals surface area contributed by atoms with Crippen molar-refractivity contribution >= 4 is 51.2 Å². The third kappa shape index (κ3) is 2.95. The Labute approximate surface area is 145 Å². The van der Waals surface area contributed by atoms with Gasteiger partial charge in [-0.25, -0.2) is 9.69 Å². The van der Waals surface area contributed by atoms with Crippen molar-refractivity contribution in [1.29, 1.82) is 0 Å². The fraction of sp³-hybridized carbons (Fsp3) is 0. The van der Waals surface area contributed by atoms with E-state index >= 15 is 0 Å². The van der Waals surface area contributed by atoms with Gasteiger partial charge in [0.1, 0.15) is 11.4 Å². The average molecular weight is 394 g/mol. The lowest BCUT2D eigenvalue weighted by atomic mass is 10.2. The van der Waals surface area contributed by atoms with Crippen LogP contribution in [-0.2, 0) is 4.79 Å². The smallest absolute Gasteiger partial charge is 0.333 e. The van der Waals surface area contributed by atoms with Crippen molar-refractivity contribution in [2.24, 2.45) is 0 Å². The summed E-state index contributed by atoms with van der Waals surface area (Å²) < 4.78 is 0.397. The van der Waals surface area contributed by atoms with Gasteiger partial charge in [-0.1, -0.05) is 29.8 Å². The predicted molar refractivity (Wildman–Crippen MR) is 91.3 cm³/mol. The zero-order chi connectivity index (χ0) is 16.6. The van der Waals surface area contributed by atoms with Crippen molar-refractivity contribution in [1.82, 2.24) is 5.32 Å². The number of rotatable bonds is 2. The molecule has 2 aromatic rings. The highest BCUT2D eigenvalue weighted by molar-refractivity contribution is 9.10. The van der Waals surface area contributed by atoms with Gasteiger partial charge in [-0.2, -0.15) is 0 Å². The number of imide groups is 1. The number of halogens is 2. The third-order valence-electron chi connectivity index (χ3n) is 3.24. The van der Waals surface area contributed by atoms with Gasteiger partial charge in [0.15, 0.2) is 0 Å². The molecule has 116 valence electrons. The lowest BCUT2D eigenvalue weighted by Gasteiger charge is -2.10. The van der Waals surface area contributed by atoms with Crippen LogP contribution in [0.25, 0.3) is 6.08 Å². The van der Waals surface area contributed by atoms with E-state index in [9.17, 15) is 14.7 Å². The molecule has 1 heterocycles. The standard InChI is InChI=1S/C16H10BrClN2O3/c17-11-6-9(7-12(18)14(11)21)8-13-15(22)20(16(23)19-13)10-4-2-1-3-5-10/h1-8,21H,(H,19,23)/b13-8-. The molecule has 1 saturated heterocycles. The molecular weight excluding hydrogens is 384 g/mol. The number of benzene rings is 2. The topological polar surface area (TPSA) is 69.6 Å². The number of urea groups is 1. The molecule has 2 N–H and O–H groups in total. The number of phenolic OH excluding ortho intramolecular Hbond substituents is 1. The van der Waals surface area contributed by atoms with Crippen LogP contribution in [0.3, 0.4) is 0 Å². The van der Waals surface area contributed by atoms with Crippen molar-refractivity contribution in [2.45, 2.75) is 0 Å². The first-order valence-corrected chi connectivity index (χ1v) is 7.74. The average Bonchev–Trinajstić information content (AvgIpc) is 2.80. The Balaban J connectivity index is 1.96. The van der Waals surface area contributed by atoms with Crippen molar-refractivity contribution in [3.05, 3.63) is 63.2 Å². The Morgan fingerprint density at radius 2 is 1.87 bits per heavy atom. The van der Waals surface area contributed by atoms with Crippen LogP contribution in [0.1, 0.15) is 5.56 Å². The van der Waals surface area contributed by atoms with E-state index in [1.54, 1.807) is 36.4 Å². The van der Waals surface area contributed by atoms with Crippen LogP contribution in [0.4, 0.5) is 10.5 Å². The number of hydrogen-bond acceptors (Lipinski definition) is 3. The predicted octanol–water partition coefficient (Wildman–Crippen LogP) is 3.91. The summed E-state index contributed by atoms with van der Waals surface area (Å²) in [5, 5.41) is 12.3. The fourth-order valence-corrected chi connectivity index (χ4v) is 3.00. The first-order valence-electron chi connectivity index (χ1n) is 6.57. The van der Waals surface area contributed by atoms with Crippen LogP contribution in [0.15, 0.2) is 52.6 Å². The second-order valence-corrected chi connectivity index (χ2v) is 6.06. The number of carbonyl (C=O) groups is 2. The van der Waals surface area contributed by atoms with E-state index in [-0.39, 0.29) is 16.5 Å². The molecule has 23 heavy (non-hydrogen) atoms. The summed E-state index contributed by atoms with van der Waals surface area (Å²) in [7, 11) is 0. The summed E-state index contributed by atoms with van der Waals surface area (Å²) in [5.74, 6) is -0.539. The number of para-hydroxylation sites is 1. The minimum absolute atomic E-state index is 0.0819. The molecule has 3 amide bonds. The minimum atomic E-state index is -0.517. The number of phenols is 1. The summed E-state index contributed by atoms with van der Waals surface area (Å²) in [6, 6.07) is 11.2. The zero-order valence-electron chi connectivity index (χ0n) is 11.6. The summed E-state index contributed by atoms with van der Waals surface area (Å²) in [4.78, 5) is 25.5. The number of aromatic hydroxyl groups is 1. The van der Waals surface area contributed by atoms with E-state index in [2.05, 4.69) is 21.2 Å². The first-order chi connectivity index (χ1) is 11.0. The number of anilines is 1. The van der Waals surface area contributed by atoms with Gasteiger partial charge in [0, 0.05) is 0 Å². The Hall–Kier alpha value is -2.31. The molecule has 0 bridgehead atoms. The molecule has 0 unspecified atom stereocenters. The molecule has 1 fully saturated rings. The van der Waals surface area contributed by atoms with Crippen LogP contribution in [-0.4, -0.2) is 17.0 Å². The van der Waals surface area contributed by atoms with Crippen LogP contribution >= 0.6 is 27.5 Å². The molecule has 7 heteroatoms. The molecule has 0 atom stereocenters. The summed E-state index contributed by atoms with van der Waals surface area (Å²) in [6.07, 6.45) is 1.50. The second kappa shape index (κ2) is 6.06. The van der Waals surface area contributed by atoms with E-state index < -0.39 is 11.9 Å². The number of amides is 3. The van der Waals surface area contributed by atoms with E-state index in [1.807, 2.05) is 0 Å². The highest BCUT2D eigenvalue weighted by Gasteiger charge is 2.34. The monoisotopic (exact) mass is 392 g/mol. The maximum absolute atomic E-state index is 12.4. The Morgan fingerprint density at radius 3 is 2.52 bits per heavy atom. The number of nitrogens with zero attached hydrogens (tertiary/aromatic N) is 1. The molecule has 0 radical (unpaired) electrons. The minimum Gasteiger partial charge on any atom is -0.505 e. The van der Waals surface area contributed by atoms with Gasteiger partial charge in [0.05, 0.1) is 15.2 Å². The maximum Gasteiger partial charge on any atom is 0.333 e. The lowest BCUT2D eigenvalue weighted by molar-refractivity contribution is -0.113. The number of carbonyl (C=O) groups excluding carboxylic acids is 2. The molecule has 1 aliphatic heterocycles. The highest BCUT2D eigenvalue weighted by atomic mass is 79.9. The van der Waals surface area contributed by atoms with Crippen molar-refractivity contribution in [3.8, 4) is 5.75 Å². The molecule has 1 aliphatic rings. The fourth-order valence-electron chi connectivity index (χ4n) is 2.18. The Bertz CT molecular complexity index is 813. The molecule has 3 rings (SSSR count). The zero-order valence-corrected chi connectivity index (χ0v) is 13.9. The summed E-state index contributed by atoms with van der Waals surface area (Å²) in [5.41, 5.74) is 1.19. The highest BCUT2D eigenvalue weighted by Crippen LogP contribution is 2.34. The first kappa shape index (κ1) is 15.6. The van der Waals surface area contributed by atoms with E-state index in [0.717, 1.165) is 4.90 Å². The SMILES string of the molecule is O=C1N/C(=C\c2cc(Cl)c(O)c(Br)c2)C(=O)N1c1ccccc1. The summed E-state index contributed by atoms with van der Waals surface area (Å²) >= 11 is 9.08. The van der Waals surface area contributed by atoms with Gasteiger partial charge in [-0.15, -0.1) is 0 Å². The second-order valence-electron chi connectivity index (χ2n) is 4.80. The molecular formula is C16H10BrClN2O3. The Morgan fingerprint density at radius 1 is 1.17 bits per heavy atom. The molecule has 0 aromatic heterocycles. The van der Waals surface area contributed by atoms with Gasteiger partial charge in [0.2, 0.25) is 0 Å². The molecule has 0 spiro atoms. The van der Waals surface area contributed by atoms with Crippen LogP contribution in [0.5, 0.6) is 5.75 Å². The van der Waals surface area contributed by atoms with Crippen molar-refractivity contribution in [2.75, 3.05) is 4.90 Å². The van der Waals surface area contributed by atoms with Crippen molar-refractivity contribution in [3.63, 3.8) is 0 Å². The molecule has 0 saturated carbocycles. The van der Waals surface area contributed by atoms with Crippen molar-refractivity contribution < 1.29 is 14.7 Å². The van der Waals surface area contributed by atoms with Crippen LogP contribution < -0.4 is 10.2 Å². The Kier molecular flexibility index (Phi) is 4.11. The van der Waals surface area contributed by atoms with Crippen LogP contribution in [0.2, 0.25) is 5.02 Å². The summed E-state index contributed by atoms with van der Waals surface area (Å²) in [6.45, 7) is 0. The molecule has 5 nitrogen and oxygen atoms in total. The van der Waals surface area contributed by atoms with E-state index in [0.29, 0.717) is 15.7 Å². The van der Waals surface area contributed by atoms with Gasteiger partial charge < -0.3 is 10.4 Å². The largest absolute Gasteiger partial charge is 0.505 e. The van der Waals surface area contributed by atoms with Gasteiger partial charge in [-0.3, -0.25) is 4.79 Å². The maximum atomic E-state index is 12.4. The number of nitrogens with one attached hydrogen (secondary N) is 1.